The lowest BCUT2D eigenvalue weighted by Gasteiger charge is -2.32. The van der Waals surface area contributed by atoms with E-state index in [9.17, 15) is 0 Å². The molecule has 1 fully saturated rings. The third-order valence-electron chi connectivity index (χ3n) is 4.13. The highest BCUT2D eigenvalue weighted by Gasteiger charge is 2.13. The number of rotatable bonds is 5. The maximum absolute atomic E-state index is 4.23. The summed E-state index contributed by atoms with van der Waals surface area (Å²) < 4.78 is 0. The molecule has 0 atom stereocenters. The molecule has 2 rings (SSSR count). The van der Waals surface area contributed by atoms with E-state index in [0.29, 0.717) is 6.04 Å². The predicted octanol–water partition coefficient (Wildman–Crippen LogP) is 1.51. The van der Waals surface area contributed by atoms with Gasteiger partial charge in [0.25, 0.3) is 0 Å². The molecule has 0 radical (unpaired) electrons. The lowest BCUT2D eigenvalue weighted by Crippen LogP contribution is -2.43. The van der Waals surface area contributed by atoms with Gasteiger partial charge in [0.1, 0.15) is 0 Å². The average molecular weight is 317 g/mol. The standard InChI is InChI=1S/C18H31N5/c1-15(2)21-18(19-3)20-13-16-5-7-17(8-6-16)14-23-11-9-22(4)10-12-23/h5-8,15H,9-14H2,1-4H3,(H2,19,20,21). The van der Waals surface area contributed by atoms with Gasteiger partial charge in [0, 0.05) is 52.4 Å². The van der Waals surface area contributed by atoms with E-state index < -0.39 is 0 Å². The summed E-state index contributed by atoms with van der Waals surface area (Å²) in [5.41, 5.74) is 2.67. The summed E-state index contributed by atoms with van der Waals surface area (Å²) in [6, 6.07) is 9.29. The van der Waals surface area contributed by atoms with Crippen LogP contribution in [-0.2, 0) is 13.1 Å². The second-order valence-electron chi connectivity index (χ2n) is 6.62. The number of nitrogens with zero attached hydrogens (tertiary/aromatic N) is 3. The molecule has 0 saturated carbocycles. The molecule has 5 nitrogen and oxygen atoms in total. The van der Waals surface area contributed by atoms with Crippen LogP contribution in [-0.4, -0.2) is 62.1 Å². The van der Waals surface area contributed by atoms with Gasteiger partial charge in [-0.1, -0.05) is 24.3 Å². The van der Waals surface area contributed by atoms with Crippen molar-refractivity contribution in [1.82, 2.24) is 20.4 Å². The number of nitrogens with one attached hydrogen (secondary N) is 2. The van der Waals surface area contributed by atoms with Crippen molar-refractivity contribution < 1.29 is 0 Å². The molecule has 0 aliphatic carbocycles. The first kappa shape index (κ1) is 17.8. The molecule has 0 unspecified atom stereocenters. The Bertz CT molecular complexity index is 487. The van der Waals surface area contributed by atoms with Crippen LogP contribution in [0.2, 0.25) is 0 Å². The fourth-order valence-electron chi connectivity index (χ4n) is 2.68. The molecule has 0 amide bonds. The van der Waals surface area contributed by atoms with Crippen molar-refractivity contribution in [1.29, 1.82) is 0 Å². The van der Waals surface area contributed by atoms with E-state index in [-0.39, 0.29) is 0 Å². The SMILES string of the molecule is CN=C(NCc1ccc(CN2CCN(C)CC2)cc1)NC(C)C. The number of aliphatic imine (C=N–C) groups is 1. The second-order valence-corrected chi connectivity index (χ2v) is 6.62. The number of hydrogen-bond donors (Lipinski definition) is 2. The molecule has 1 heterocycles. The van der Waals surface area contributed by atoms with Crippen molar-refractivity contribution in [2.45, 2.75) is 33.0 Å². The average Bonchev–Trinajstić information content (AvgIpc) is 2.54. The molecular weight excluding hydrogens is 286 g/mol. The maximum atomic E-state index is 4.23. The van der Waals surface area contributed by atoms with Crippen LogP contribution in [0.3, 0.4) is 0 Å². The summed E-state index contributed by atoms with van der Waals surface area (Å²) >= 11 is 0. The minimum Gasteiger partial charge on any atom is -0.354 e. The van der Waals surface area contributed by atoms with E-state index >= 15 is 0 Å². The molecule has 1 aromatic carbocycles. The number of benzene rings is 1. The Kier molecular flexibility index (Phi) is 6.86. The second kappa shape index (κ2) is 8.89. The smallest absolute Gasteiger partial charge is 0.191 e. The van der Waals surface area contributed by atoms with Crippen LogP contribution in [0.1, 0.15) is 25.0 Å². The van der Waals surface area contributed by atoms with E-state index in [4.69, 9.17) is 0 Å². The molecule has 1 aliphatic rings. The van der Waals surface area contributed by atoms with Gasteiger partial charge in [0.2, 0.25) is 0 Å². The molecule has 5 heteroatoms. The Balaban J connectivity index is 1.80. The lowest BCUT2D eigenvalue weighted by molar-refractivity contribution is 0.148. The molecule has 1 saturated heterocycles. The zero-order valence-corrected chi connectivity index (χ0v) is 15.0. The van der Waals surface area contributed by atoms with Gasteiger partial charge in [0.05, 0.1) is 0 Å². The van der Waals surface area contributed by atoms with E-state index in [1.54, 1.807) is 7.05 Å². The summed E-state index contributed by atoms with van der Waals surface area (Å²) in [4.78, 5) is 9.15. The molecule has 0 aromatic heterocycles. The Morgan fingerprint density at radius 2 is 1.70 bits per heavy atom. The third kappa shape index (κ3) is 6.20. The van der Waals surface area contributed by atoms with Gasteiger partial charge < -0.3 is 15.5 Å². The zero-order chi connectivity index (χ0) is 16.7. The van der Waals surface area contributed by atoms with Crippen LogP contribution in [0, 0.1) is 0 Å². The van der Waals surface area contributed by atoms with Gasteiger partial charge in [-0.3, -0.25) is 9.89 Å². The van der Waals surface area contributed by atoms with Gasteiger partial charge in [0.15, 0.2) is 5.96 Å². The van der Waals surface area contributed by atoms with Crippen LogP contribution in [0.15, 0.2) is 29.3 Å². The largest absolute Gasteiger partial charge is 0.354 e. The molecule has 0 bridgehead atoms. The monoisotopic (exact) mass is 317 g/mol. The maximum Gasteiger partial charge on any atom is 0.191 e. The van der Waals surface area contributed by atoms with Crippen LogP contribution in [0.25, 0.3) is 0 Å². The summed E-state index contributed by atoms with van der Waals surface area (Å²) in [5.74, 6) is 0.849. The summed E-state index contributed by atoms with van der Waals surface area (Å²) in [7, 11) is 4.00. The third-order valence-corrected chi connectivity index (χ3v) is 4.13. The van der Waals surface area contributed by atoms with Crippen molar-refractivity contribution in [2.24, 2.45) is 4.99 Å². The minimum atomic E-state index is 0.382. The van der Waals surface area contributed by atoms with Crippen LogP contribution in [0.5, 0.6) is 0 Å². The van der Waals surface area contributed by atoms with Gasteiger partial charge >= 0.3 is 0 Å². The molecule has 2 N–H and O–H groups in total. The molecule has 23 heavy (non-hydrogen) atoms. The molecule has 128 valence electrons. The Morgan fingerprint density at radius 1 is 1.09 bits per heavy atom. The van der Waals surface area contributed by atoms with Crippen molar-refractivity contribution in [3.63, 3.8) is 0 Å². The minimum absolute atomic E-state index is 0.382. The van der Waals surface area contributed by atoms with Crippen LogP contribution >= 0.6 is 0 Å². The molecule has 1 aliphatic heterocycles. The number of guanidine groups is 1. The number of hydrogen-bond acceptors (Lipinski definition) is 3. The Labute approximate surface area is 140 Å². The fourth-order valence-corrected chi connectivity index (χ4v) is 2.68. The van der Waals surface area contributed by atoms with E-state index in [2.05, 4.69) is 70.6 Å². The first-order chi connectivity index (χ1) is 11.1. The van der Waals surface area contributed by atoms with Crippen LogP contribution < -0.4 is 10.6 Å². The highest BCUT2D eigenvalue weighted by Crippen LogP contribution is 2.09. The molecule has 1 aromatic rings. The molecular formula is C18H31N5. The van der Waals surface area contributed by atoms with Gasteiger partial charge in [-0.25, -0.2) is 0 Å². The Hall–Kier alpha value is -1.59. The van der Waals surface area contributed by atoms with Gasteiger partial charge in [-0.15, -0.1) is 0 Å². The highest BCUT2D eigenvalue weighted by molar-refractivity contribution is 5.79. The van der Waals surface area contributed by atoms with Crippen molar-refractivity contribution in [2.75, 3.05) is 40.3 Å². The lowest BCUT2D eigenvalue weighted by atomic mass is 10.1. The van der Waals surface area contributed by atoms with Crippen molar-refractivity contribution in [3.8, 4) is 0 Å². The number of likely N-dealkylation sites (N-methyl/N-ethyl adjacent to an activating group) is 1. The summed E-state index contributed by atoms with van der Waals surface area (Å²) in [5, 5.41) is 6.64. The van der Waals surface area contributed by atoms with E-state index in [0.717, 1.165) is 32.1 Å². The molecule has 0 spiro atoms. The van der Waals surface area contributed by atoms with E-state index in [1.807, 2.05) is 0 Å². The zero-order valence-electron chi connectivity index (χ0n) is 15.0. The summed E-state index contributed by atoms with van der Waals surface area (Å²) in [6.45, 7) is 10.7. The predicted molar refractivity (Wildman–Crippen MR) is 97.7 cm³/mol. The summed E-state index contributed by atoms with van der Waals surface area (Å²) in [6.07, 6.45) is 0. The van der Waals surface area contributed by atoms with Crippen LogP contribution in [0.4, 0.5) is 0 Å². The number of piperazine rings is 1. The fraction of sp³-hybridized carbons (Fsp3) is 0.611. The topological polar surface area (TPSA) is 42.9 Å². The van der Waals surface area contributed by atoms with Crippen molar-refractivity contribution in [3.05, 3.63) is 35.4 Å². The highest BCUT2D eigenvalue weighted by atomic mass is 15.2. The normalized spacial score (nSPS) is 17.5. The van der Waals surface area contributed by atoms with Gasteiger partial charge in [-0.05, 0) is 32.0 Å². The first-order valence-corrected chi connectivity index (χ1v) is 8.52. The first-order valence-electron chi connectivity index (χ1n) is 8.52. The van der Waals surface area contributed by atoms with Gasteiger partial charge in [-0.2, -0.15) is 0 Å². The van der Waals surface area contributed by atoms with E-state index in [1.165, 1.54) is 24.2 Å². The quantitative estimate of drug-likeness (QED) is 0.638. The van der Waals surface area contributed by atoms with Crippen molar-refractivity contribution >= 4 is 5.96 Å². The Morgan fingerprint density at radius 3 is 2.26 bits per heavy atom.